The van der Waals surface area contributed by atoms with Gasteiger partial charge in [-0.3, -0.25) is 0 Å². The largest absolute Gasteiger partial charge is 0.437 e. The van der Waals surface area contributed by atoms with Gasteiger partial charge in [0.05, 0.1) is 0 Å². The predicted molar refractivity (Wildman–Crippen MR) is 165 cm³/mol. The minimum atomic E-state index is -2.01. The van der Waals surface area contributed by atoms with E-state index in [1.807, 2.05) is 0 Å². The average molecular weight is 509 g/mol. The first kappa shape index (κ1) is 57.2. The standard InChI is InChI=1S/C14H40O2Si5.8CH4/c1-17(2,3)13-19(7,8)15-21(11,12)16-20(9,10)14-18(4,5)6;;;;;;;;/h13-14H2,1-12H3;8*1H4. The number of hydrogen-bond acceptors (Lipinski definition) is 2. The Labute approximate surface area is 198 Å². The van der Waals surface area contributed by atoms with Gasteiger partial charge in [-0.15, -0.1) is 0 Å². The van der Waals surface area contributed by atoms with Crippen molar-refractivity contribution in [2.24, 2.45) is 0 Å². The van der Waals surface area contributed by atoms with Crippen LogP contribution in [0.4, 0.5) is 0 Å². The Morgan fingerprint density at radius 3 is 0.690 bits per heavy atom. The van der Waals surface area contributed by atoms with Crippen LogP contribution in [0.1, 0.15) is 59.4 Å². The van der Waals surface area contributed by atoms with Crippen molar-refractivity contribution in [3.8, 4) is 0 Å². The zero-order valence-electron chi connectivity index (χ0n) is 16.7. The molecule has 0 N–H and O–H groups in total. The van der Waals surface area contributed by atoms with Crippen molar-refractivity contribution in [3.63, 3.8) is 0 Å². The van der Waals surface area contributed by atoms with E-state index in [4.69, 9.17) is 8.23 Å². The van der Waals surface area contributed by atoms with Gasteiger partial charge < -0.3 is 8.23 Å². The summed E-state index contributed by atoms with van der Waals surface area (Å²) in [5, 5.41) is 0. The molecule has 0 fully saturated rings. The van der Waals surface area contributed by atoms with Crippen LogP contribution in [0.15, 0.2) is 0 Å². The van der Waals surface area contributed by atoms with E-state index in [1.165, 1.54) is 11.3 Å². The first-order valence-electron chi connectivity index (χ1n) is 8.23. The minimum Gasteiger partial charge on any atom is -0.437 e. The van der Waals surface area contributed by atoms with Gasteiger partial charge in [0, 0.05) is 16.1 Å². The molecule has 0 aliphatic rings. The highest BCUT2D eigenvalue weighted by Gasteiger charge is 2.42. The maximum Gasteiger partial charge on any atom is 0.311 e. The van der Waals surface area contributed by atoms with Crippen LogP contribution in [-0.4, -0.2) is 41.3 Å². The average Bonchev–Trinajstić information content (AvgIpc) is 1.83. The molecule has 2 nitrogen and oxygen atoms in total. The van der Waals surface area contributed by atoms with Gasteiger partial charge in [-0.25, -0.2) is 0 Å². The topological polar surface area (TPSA) is 18.5 Å². The Balaban J connectivity index is -0.0000000714. The molecular weight excluding hydrogens is 437 g/mol. The number of rotatable bonds is 8. The van der Waals surface area contributed by atoms with Gasteiger partial charge >= 0.3 is 8.56 Å². The summed E-state index contributed by atoms with van der Waals surface area (Å²) in [6.45, 7) is 28.8. The zero-order valence-corrected chi connectivity index (χ0v) is 21.7. The molecule has 0 heterocycles. The van der Waals surface area contributed by atoms with Crippen LogP contribution in [-0.2, 0) is 8.23 Å². The van der Waals surface area contributed by atoms with E-state index in [9.17, 15) is 0 Å². The van der Waals surface area contributed by atoms with Crippen molar-refractivity contribution in [1.82, 2.24) is 0 Å². The van der Waals surface area contributed by atoms with Gasteiger partial charge in [0.1, 0.15) is 0 Å². The van der Waals surface area contributed by atoms with Crippen molar-refractivity contribution in [1.29, 1.82) is 0 Å². The molecule has 0 aromatic carbocycles. The Bertz CT molecular complexity index is 312. The monoisotopic (exact) mass is 508 g/mol. The van der Waals surface area contributed by atoms with Crippen molar-refractivity contribution in [2.45, 2.75) is 149 Å². The van der Waals surface area contributed by atoms with Gasteiger partial charge in [0.2, 0.25) is 0 Å². The summed E-state index contributed by atoms with van der Waals surface area (Å²) in [7, 11) is -7.34. The molecule has 7 heteroatoms. The summed E-state index contributed by atoms with van der Waals surface area (Å²) in [5.41, 5.74) is 2.66. The molecule has 0 aliphatic carbocycles. The molecule has 0 saturated heterocycles. The molecule has 0 rings (SSSR count). The van der Waals surface area contributed by atoms with Crippen molar-refractivity contribution >= 4 is 41.3 Å². The smallest absolute Gasteiger partial charge is 0.311 e. The fourth-order valence-electron chi connectivity index (χ4n) is 3.98. The van der Waals surface area contributed by atoms with Crippen LogP contribution in [0.2, 0.25) is 89.9 Å². The van der Waals surface area contributed by atoms with E-state index < -0.39 is 41.3 Å². The molecule has 0 saturated carbocycles. The van der Waals surface area contributed by atoms with Crippen LogP contribution in [0.3, 0.4) is 0 Å². The normalized spacial score (nSPS) is 11.2. The van der Waals surface area contributed by atoms with Gasteiger partial charge in [-0.1, -0.05) is 98.7 Å². The second-order valence-corrected chi connectivity index (χ2v) is 35.1. The first-order valence-corrected chi connectivity index (χ1v) is 24.7. The fourth-order valence-corrected chi connectivity index (χ4v) is 37.5. The van der Waals surface area contributed by atoms with E-state index >= 15 is 0 Å². The van der Waals surface area contributed by atoms with Crippen LogP contribution in [0.25, 0.3) is 0 Å². The highest BCUT2D eigenvalue weighted by atomic mass is 28.5. The molecule has 0 radical (unpaired) electrons. The summed E-state index contributed by atoms with van der Waals surface area (Å²) in [4.78, 5) is 0. The van der Waals surface area contributed by atoms with E-state index in [0.717, 1.165) is 0 Å². The quantitative estimate of drug-likeness (QED) is 0.303. The van der Waals surface area contributed by atoms with Gasteiger partial charge in [0.15, 0.2) is 16.6 Å². The molecule has 0 amide bonds. The lowest BCUT2D eigenvalue weighted by Gasteiger charge is -2.41. The predicted octanol–water partition coefficient (Wildman–Crippen LogP) is 11.0. The third-order valence-corrected chi connectivity index (χ3v) is 26.6. The summed E-state index contributed by atoms with van der Waals surface area (Å²) < 4.78 is 13.4. The molecule has 29 heavy (non-hydrogen) atoms. The maximum atomic E-state index is 6.69. The lowest BCUT2D eigenvalue weighted by atomic mass is 11.7. The van der Waals surface area contributed by atoms with E-state index in [0.29, 0.717) is 0 Å². The van der Waals surface area contributed by atoms with Gasteiger partial charge in [-0.05, 0) is 50.6 Å². The molecule has 0 aliphatic heterocycles. The highest BCUT2D eigenvalue weighted by molar-refractivity contribution is 6.98. The summed E-state index contributed by atoms with van der Waals surface area (Å²) in [6.07, 6.45) is 0. The van der Waals surface area contributed by atoms with Crippen LogP contribution in [0.5, 0.6) is 0 Å². The third kappa shape index (κ3) is 33.8. The van der Waals surface area contributed by atoms with Gasteiger partial charge in [-0.2, -0.15) is 0 Å². The Morgan fingerprint density at radius 2 is 0.552 bits per heavy atom. The first-order chi connectivity index (χ1) is 8.83. The van der Waals surface area contributed by atoms with E-state index in [2.05, 4.69) is 78.6 Å². The molecule has 0 bridgehead atoms. The van der Waals surface area contributed by atoms with Gasteiger partial charge in [0.25, 0.3) is 0 Å². The summed E-state index contributed by atoms with van der Waals surface area (Å²) in [6, 6.07) is 0. The van der Waals surface area contributed by atoms with Crippen LogP contribution < -0.4 is 0 Å². The highest BCUT2D eigenvalue weighted by Crippen LogP contribution is 2.29. The Kier molecular flexibility index (Phi) is 36.6. The minimum absolute atomic E-state index is 0. The number of hydrogen-bond donors (Lipinski definition) is 0. The van der Waals surface area contributed by atoms with Crippen LogP contribution >= 0.6 is 0 Å². The molecule has 0 aromatic heterocycles. The van der Waals surface area contributed by atoms with Crippen molar-refractivity contribution < 1.29 is 8.23 Å². The molecule has 0 spiro atoms. The maximum absolute atomic E-state index is 6.69. The third-order valence-electron chi connectivity index (χ3n) is 2.96. The zero-order chi connectivity index (χ0) is 17.3. The Morgan fingerprint density at radius 1 is 0.379 bits per heavy atom. The molecule has 0 aromatic rings. The fraction of sp³-hybridized carbons (Fsp3) is 1.00. The van der Waals surface area contributed by atoms with Crippen molar-refractivity contribution in [2.75, 3.05) is 0 Å². The lowest BCUT2D eigenvalue weighted by molar-refractivity contribution is 0.393. The summed E-state index contributed by atoms with van der Waals surface area (Å²) >= 11 is 0. The molecule has 192 valence electrons. The van der Waals surface area contributed by atoms with Crippen LogP contribution in [0, 0.1) is 0 Å². The Hall–Kier alpha value is 1.00. The second-order valence-electron chi connectivity index (χ2n) is 10.6. The van der Waals surface area contributed by atoms with E-state index in [1.54, 1.807) is 0 Å². The van der Waals surface area contributed by atoms with E-state index in [-0.39, 0.29) is 59.4 Å². The molecule has 0 unspecified atom stereocenters. The molecule has 0 atom stereocenters. The summed E-state index contributed by atoms with van der Waals surface area (Å²) in [5.74, 6) is 0. The molecular formula is C22H72O2Si5. The second kappa shape index (κ2) is 18.6. The van der Waals surface area contributed by atoms with Crippen molar-refractivity contribution in [3.05, 3.63) is 0 Å². The SMILES string of the molecule is C.C.C.C.C.C.C.C.C[Si](C)(C)C[Si](C)(C)O[Si](C)(C)O[Si](C)(C)C[Si](C)(C)C. The lowest BCUT2D eigenvalue weighted by Crippen LogP contribution is -2.55.